The van der Waals surface area contributed by atoms with Crippen molar-refractivity contribution in [3.05, 3.63) is 64.9 Å². The van der Waals surface area contributed by atoms with Gasteiger partial charge in [0.25, 0.3) is 15.9 Å². The highest BCUT2D eigenvalue weighted by Gasteiger charge is 2.15. The van der Waals surface area contributed by atoms with E-state index in [0.717, 1.165) is 5.56 Å². The minimum Gasteiger partial charge on any atom is -0.334 e. The number of aromatic nitrogens is 2. The van der Waals surface area contributed by atoms with Gasteiger partial charge in [0.1, 0.15) is 0 Å². The van der Waals surface area contributed by atoms with E-state index in [0.29, 0.717) is 28.7 Å². The average Bonchev–Trinajstić information content (AvgIpc) is 3.03. The second kappa shape index (κ2) is 7.32. The van der Waals surface area contributed by atoms with E-state index in [1.165, 1.54) is 19.2 Å². The Hall–Kier alpha value is -2.26. The lowest BCUT2D eigenvalue weighted by molar-refractivity contribution is 0.153. The van der Waals surface area contributed by atoms with Crippen LogP contribution >= 0.6 is 11.6 Å². The van der Waals surface area contributed by atoms with Crippen LogP contribution in [0.5, 0.6) is 0 Å². The zero-order chi connectivity index (χ0) is 17.9. The molecule has 0 atom stereocenters. The van der Waals surface area contributed by atoms with Gasteiger partial charge in [-0.1, -0.05) is 33.8 Å². The number of hydrogen-bond acceptors (Lipinski definition) is 6. The lowest BCUT2D eigenvalue weighted by Crippen LogP contribution is -2.22. The third-order valence-corrected chi connectivity index (χ3v) is 4.84. The molecule has 0 spiro atoms. The first-order chi connectivity index (χ1) is 12.0. The third kappa shape index (κ3) is 4.23. The van der Waals surface area contributed by atoms with Gasteiger partial charge >= 0.3 is 0 Å². The Morgan fingerprint density at radius 1 is 1.20 bits per heavy atom. The predicted molar refractivity (Wildman–Crippen MR) is 91.3 cm³/mol. The molecule has 0 aliphatic carbocycles. The second-order valence-electron chi connectivity index (χ2n) is 5.14. The molecule has 0 bridgehead atoms. The van der Waals surface area contributed by atoms with Crippen molar-refractivity contribution in [2.45, 2.75) is 11.3 Å². The Morgan fingerprint density at radius 2 is 1.96 bits per heavy atom. The van der Waals surface area contributed by atoms with Crippen molar-refractivity contribution < 1.29 is 17.8 Å². The maximum Gasteiger partial charge on any atom is 0.262 e. The van der Waals surface area contributed by atoms with E-state index in [-0.39, 0.29) is 4.90 Å². The Kier molecular flexibility index (Phi) is 5.14. The molecule has 0 saturated carbocycles. The van der Waals surface area contributed by atoms with Crippen molar-refractivity contribution in [2.24, 2.45) is 0 Å². The van der Waals surface area contributed by atoms with Crippen molar-refractivity contribution in [1.82, 2.24) is 15.0 Å². The van der Waals surface area contributed by atoms with Crippen molar-refractivity contribution in [2.75, 3.05) is 7.11 Å². The van der Waals surface area contributed by atoms with Gasteiger partial charge in [-0.25, -0.2) is 8.42 Å². The molecular weight excluding hydrogens is 366 g/mol. The molecule has 2 aromatic carbocycles. The first kappa shape index (κ1) is 17.6. The van der Waals surface area contributed by atoms with Crippen LogP contribution in [0.4, 0.5) is 0 Å². The van der Waals surface area contributed by atoms with Crippen molar-refractivity contribution in [3.8, 4) is 11.5 Å². The van der Waals surface area contributed by atoms with E-state index in [1.54, 1.807) is 18.2 Å². The largest absolute Gasteiger partial charge is 0.334 e. The molecule has 0 saturated heterocycles. The number of halogens is 1. The molecule has 0 unspecified atom stereocenters. The van der Waals surface area contributed by atoms with Crippen LogP contribution in [0.3, 0.4) is 0 Å². The topological polar surface area (TPSA) is 94.3 Å². The minimum absolute atomic E-state index is 0.0665. The van der Waals surface area contributed by atoms with Gasteiger partial charge in [0.15, 0.2) is 5.82 Å². The lowest BCUT2D eigenvalue weighted by Gasteiger charge is -2.04. The van der Waals surface area contributed by atoms with Crippen LogP contribution in [0.2, 0.25) is 5.02 Å². The molecule has 1 N–H and O–H groups in total. The Morgan fingerprint density at radius 3 is 2.64 bits per heavy atom. The zero-order valence-corrected chi connectivity index (χ0v) is 14.7. The Balaban J connectivity index is 1.78. The van der Waals surface area contributed by atoms with E-state index in [1.807, 2.05) is 23.1 Å². The molecule has 0 radical (unpaired) electrons. The SMILES string of the molecule is CONS(=O)(=O)c1ccc(-c2nc(Cc3cccc(Cl)c3)no2)cc1. The van der Waals surface area contributed by atoms with Crippen LogP contribution in [0.25, 0.3) is 11.5 Å². The number of rotatable bonds is 6. The molecule has 9 heteroatoms. The normalized spacial score (nSPS) is 11.6. The molecule has 1 aromatic heterocycles. The van der Waals surface area contributed by atoms with Gasteiger partial charge in [0.2, 0.25) is 0 Å². The van der Waals surface area contributed by atoms with Gasteiger partial charge in [0, 0.05) is 17.0 Å². The highest BCUT2D eigenvalue weighted by atomic mass is 35.5. The summed E-state index contributed by atoms with van der Waals surface area (Å²) in [6.45, 7) is 0. The first-order valence-corrected chi connectivity index (χ1v) is 9.06. The molecule has 3 aromatic rings. The van der Waals surface area contributed by atoms with E-state index in [9.17, 15) is 8.42 Å². The predicted octanol–water partition coefficient (Wildman–Crippen LogP) is 2.82. The number of benzene rings is 2. The van der Waals surface area contributed by atoms with E-state index in [2.05, 4.69) is 15.0 Å². The number of hydrogen-bond donors (Lipinski definition) is 1. The highest BCUT2D eigenvalue weighted by Crippen LogP contribution is 2.21. The Labute approximate surface area is 149 Å². The van der Waals surface area contributed by atoms with Gasteiger partial charge in [-0.15, -0.1) is 0 Å². The van der Waals surface area contributed by atoms with Crippen LogP contribution in [-0.4, -0.2) is 25.7 Å². The summed E-state index contributed by atoms with van der Waals surface area (Å²) in [5, 5.41) is 4.58. The summed E-state index contributed by atoms with van der Waals surface area (Å²) in [7, 11) is -2.47. The van der Waals surface area contributed by atoms with E-state index >= 15 is 0 Å². The fourth-order valence-electron chi connectivity index (χ4n) is 2.21. The van der Waals surface area contributed by atoms with Gasteiger partial charge in [-0.2, -0.15) is 4.98 Å². The quantitative estimate of drug-likeness (QED) is 0.662. The van der Waals surface area contributed by atoms with Gasteiger partial charge in [-0.05, 0) is 42.0 Å². The minimum atomic E-state index is -3.70. The molecule has 3 rings (SSSR count). The van der Waals surface area contributed by atoms with Crippen LogP contribution in [0, 0.1) is 0 Å². The molecule has 0 aliphatic heterocycles. The zero-order valence-electron chi connectivity index (χ0n) is 13.1. The van der Waals surface area contributed by atoms with E-state index < -0.39 is 10.0 Å². The lowest BCUT2D eigenvalue weighted by atomic mass is 10.1. The molecule has 1 heterocycles. The summed E-state index contributed by atoms with van der Waals surface area (Å²) in [5.74, 6) is 0.815. The molecule has 0 fully saturated rings. The second-order valence-corrected chi connectivity index (χ2v) is 7.22. The van der Waals surface area contributed by atoms with Gasteiger partial charge in [0.05, 0.1) is 12.0 Å². The molecule has 25 heavy (non-hydrogen) atoms. The van der Waals surface area contributed by atoms with Crippen LogP contribution < -0.4 is 4.89 Å². The number of sulfonamides is 1. The van der Waals surface area contributed by atoms with Gasteiger partial charge < -0.3 is 4.52 Å². The summed E-state index contributed by atoms with van der Waals surface area (Å²) in [6.07, 6.45) is 0.480. The highest BCUT2D eigenvalue weighted by molar-refractivity contribution is 7.89. The fourth-order valence-corrected chi connectivity index (χ4v) is 3.23. The number of nitrogens with zero attached hydrogens (tertiary/aromatic N) is 2. The van der Waals surface area contributed by atoms with Crippen molar-refractivity contribution in [1.29, 1.82) is 0 Å². The third-order valence-electron chi connectivity index (χ3n) is 3.32. The van der Waals surface area contributed by atoms with Crippen molar-refractivity contribution >= 4 is 21.6 Å². The molecule has 0 amide bonds. The average molecular weight is 380 g/mol. The Bertz CT molecular complexity index is 971. The summed E-state index contributed by atoms with van der Waals surface area (Å²) in [5.41, 5.74) is 1.58. The maximum atomic E-state index is 11.8. The summed E-state index contributed by atoms with van der Waals surface area (Å²) in [4.78, 5) is 10.8. The molecule has 130 valence electrons. The number of nitrogens with one attached hydrogen (secondary N) is 1. The smallest absolute Gasteiger partial charge is 0.262 e. The maximum absolute atomic E-state index is 11.8. The molecule has 0 aliphatic rings. The van der Waals surface area contributed by atoms with Crippen LogP contribution in [0.15, 0.2) is 57.9 Å². The molecule has 7 nitrogen and oxygen atoms in total. The summed E-state index contributed by atoms with van der Waals surface area (Å²) < 4.78 is 28.9. The fraction of sp³-hybridized carbons (Fsp3) is 0.125. The molecular formula is C16H14ClN3O4S. The summed E-state index contributed by atoms with van der Waals surface area (Å²) >= 11 is 5.96. The summed E-state index contributed by atoms with van der Waals surface area (Å²) in [6, 6.07) is 13.4. The van der Waals surface area contributed by atoms with Crippen LogP contribution in [-0.2, 0) is 21.3 Å². The van der Waals surface area contributed by atoms with Crippen LogP contribution in [0.1, 0.15) is 11.4 Å². The van der Waals surface area contributed by atoms with E-state index in [4.69, 9.17) is 16.1 Å². The first-order valence-electron chi connectivity index (χ1n) is 7.20. The standard InChI is InChI=1S/C16H14ClN3O4S/c1-23-20-25(21,22)14-7-5-12(6-8-14)16-18-15(19-24-16)10-11-3-2-4-13(17)9-11/h2-9,20H,10H2,1H3. The van der Waals surface area contributed by atoms with Gasteiger partial charge in [-0.3, -0.25) is 4.84 Å². The van der Waals surface area contributed by atoms with Crippen molar-refractivity contribution in [3.63, 3.8) is 0 Å². The monoisotopic (exact) mass is 379 g/mol.